The Hall–Kier alpha value is -0.910. The molecule has 0 aromatic rings. The number of ether oxygens (including phenoxy) is 1. The van der Waals surface area contributed by atoms with Crippen molar-refractivity contribution in [1.29, 1.82) is 0 Å². The molecule has 1 aliphatic rings. The SMILES string of the molecule is CC(C)(C)OC(=O)NC1(CC(=O)O)CCCSCC1. The number of hydrogen-bond acceptors (Lipinski definition) is 4. The highest BCUT2D eigenvalue weighted by molar-refractivity contribution is 7.99. The summed E-state index contributed by atoms with van der Waals surface area (Å²) < 4.78 is 5.24. The van der Waals surface area contributed by atoms with Gasteiger partial charge in [-0.25, -0.2) is 4.79 Å². The number of rotatable bonds is 3. The Bertz CT molecular complexity index is 330. The van der Waals surface area contributed by atoms with Gasteiger partial charge in [0.1, 0.15) is 5.60 Å². The lowest BCUT2D eigenvalue weighted by Crippen LogP contribution is -2.51. The molecule has 1 fully saturated rings. The summed E-state index contributed by atoms with van der Waals surface area (Å²) in [5.41, 5.74) is -1.24. The Balaban J connectivity index is 2.73. The topological polar surface area (TPSA) is 75.6 Å². The van der Waals surface area contributed by atoms with Gasteiger partial charge in [0.15, 0.2) is 0 Å². The average Bonchev–Trinajstić information content (AvgIpc) is 2.39. The molecule has 1 amide bonds. The zero-order chi connectivity index (χ0) is 14.5. The average molecular weight is 289 g/mol. The number of nitrogens with one attached hydrogen (secondary N) is 1. The second-order valence-electron chi connectivity index (χ2n) is 5.94. The highest BCUT2D eigenvalue weighted by Gasteiger charge is 2.36. The highest BCUT2D eigenvalue weighted by Crippen LogP contribution is 2.29. The molecule has 0 aromatic carbocycles. The van der Waals surface area contributed by atoms with Gasteiger partial charge in [0.2, 0.25) is 0 Å². The van der Waals surface area contributed by atoms with Crippen LogP contribution < -0.4 is 5.32 Å². The van der Waals surface area contributed by atoms with Crippen LogP contribution in [0.1, 0.15) is 46.5 Å². The summed E-state index contributed by atoms with van der Waals surface area (Å²) in [5, 5.41) is 11.9. The first kappa shape index (κ1) is 16.1. The standard InChI is InChI=1S/C13H23NO4S/c1-12(2,3)18-11(17)14-13(9-10(15)16)5-4-7-19-8-6-13/h4-9H2,1-3H3,(H,14,17)(H,15,16). The molecule has 0 radical (unpaired) electrons. The van der Waals surface area contributed by atoms with Gasteiger partial charge in [-0.2, -0.15) is 11.8 Å². The maximum Gasteiger partial charge on any atom is 0.408 e. The number of carboxylic acids is 1. The summed E-state index contributed by atoms with van der Waals surface area (Å²) in [7, 11) is 0. The van der Waals surface area contributed by atoms with Crippen LogP contribution in [-0.2, 0) is 9.53 Å². The number of alkyl carbamates (subject to hydrolysis) is 1. The third kappa shape index (κ3) is 6.18. The zero-order valence-corrected chi connectivity index (χ0v) is 12.6. The fourth-order valence-corrected chi connectivity index (χ4v) is 3.25. The quantitative estimate of drug-likeness (QED) is 0.835. The van der Waals surface area contributed by atoms with E-state index in [1.165, 1.54) is 0 Å². The fourth-order valence-electron chi connectivity index (χ4n) is 2.16. The lowest BCUT2D eigenvalue weighted by atomic mass is 9.87. The Kier molecular flexibility index (Phi) is 5.52. The molecular weight excluding hydrogens is 266 g/mol. The van der Waals surface area contributed by atoms with E-state index in [9.17, 15) is 9.59 Å². The minimum absolute atomic E-state index is 0.0488. The maximum absolute atomic E-state index is 11.9. The lowest BCUT2D eigenvalue weighted by molar-refractivity contribution is -0.138. The van der Waals surface area contributed by atoms with Gasteiger partial charge in [0, 0.05) is 0 Å². The van der Waals surface area contributed by atoms with E-state index >= 15 is 0 Å². The Labute approximate surface area is 118 Å². The van der Waals surface area contributed by atoms with Crippen molar-refractivity contribution in [2.45, 2.75) is 57.6 Å². The third-order valence-electron chi connectivity index (χ3n) is 2.92. The molecule has 1 atom stereocenters. The Morgan fingerprint density at radius 2 is 2.00 bits per heavy atom. The smallest absolute Gasteiger partial charge is 0.408 e. The molecule has 1 aliphatic heterocycles. The van der Waals surface area contributed by atoms with E-state index in [2.05, 4.69) is 5.32 Å². The van der Waals surface area contributed by atoms with E-state index in [4.69, 9.17) is 9.84 Å². The highest BCUT2D eigenvalue weighted by atomic mass is 32.2. The predicted molar refractivity (Wildman–Crippen MR) is 75.5 cm³/mol. The van der Waals surface area contributed by atoms with Crippen LogP contribution in [0.15, 0.2) is 0 Å². The van der Waals surface area contributed by atoms with Crippen LogP contribution in [0.4, 0.5) is 4.79 Å². The van der Waals surface area contributed by atoms with Gasteiger partial charge in [-0.1, -0.05) is 0 Å². The van der Waals surface area contributed by atoms with Crippen LogP contribution in [0.5, 0.6) is 0 Å². The van der Waals surface area contributed by atoms with Crippen molar-refractivity contribution in [1.82, 2.24) is 5.32 Å². The van der Waals surface area contributed by atoms with Gasteiger partial charge < -0.3 is 15.2 Å². The molecule has 0 aromatic heterocycles. The van der Waals surface area contributed by atoms with Crippen molar-refractivity contribution in [2.24, 2.45) is 0 Å². The number of hydrogen-bond donors (Lipinski definition) is 2. The van der Waals surface area contributed by atoms with Crippen LogP contribution in [0.3, 0.4) is 0 Å². The lowest BCUT2D eigenvalue weighted by Gasteiger charge is -2.33. The predicted octanol–water partition coefficient (Wildman–Crippen LogP) is 2.64. The Morgan fingerprint density at radius 3 is 2.58 bits per heavy atom. The minimum Gasteiger partial charge on any atom is -0.481 e. The van der Waals surface area contributed by atoms with E-state index in [1.807, 2.05) is 0 Å². The largest absolute Gasteiger partial charge is 0.481 e. The molecule has 0 saturated carbocycles. The minimum atomic E-state index is -0.886. The number of carboxylic acid groups (broad SMARTS) is 1. The van der Waals surface area contributed by atoms with E-state index < -0.39 is 23.2 Å². The van der Waals surface area contributed by atoms with Crippen molar-refractivity contribution in [2.75, 3.05) is 11.5 Å². The van der Waals surface area contributed by atoms with Gasteiger partial charge in [0.25, 0.3) is 0 Å². The molecule has 110 valence electrons. The normalized spacial score (nSPS) is 24.4. The number of amides is 1. The fraction of sp³-hybridized carbons (Fsp3) is 0.846. The van der Waals surface area contributed by atoms with E-state index in [0.717, 1.165) is 17.9 Å². The molecular formula is C13H23NO4S. The second kappa shape index (κ2) is 6.50. The molecule has 1 saturated heterocycles. The maximum atomic E-state index is 11.9. The third-order valence-corrected chi connectivity index (χ3v) is 3.99. The summed E-state index contributed by atoms with van der Waals surface area (Å²) in [6.07, 6.45) is 1.69. The number of thioether (sulfide) groups is 1. The van der Waals surface area contributed by atoms with Gasteiger partial charge in [-0.15, -0.1) is 0 Å². The zero-order valence-electron chi connectivity index (χ0n) is 11.8. The first-order valence-electron chi connectivity index (χ1n) is 6.53. The molecule has 0 bridgehead atoms. The summed E-state index contributed by atoms with van der Waals surface area (Å²) in [5.74, 6) is 0.989. The van der Waals surface area contributed by atoms with E-state index in [-0.39, 0.29) is 6.42 Å². The molecule has 1 rings (SSSR count). The van der Waals surface area contributed by atoms with Crippen molar-refractivity contribution in [3.8, 4) is 0 Å². The van der Waals surface area contributed by atoms with Crippen LogP contribution in [0.25, 0.3) is 0 Å². The second-order valence-corrected chi connectivity index (χ2v) is 7.17. The molecule has 2 N–H and O–H groups in total. The monoisotopic (exact) mass is 289 g/mol. The molecule has 6 heteroatoms. The van der Waals surface area contributed by atoms with Crippen molar-refractivity contribution in [3.63, 3.8) is 0 Å². The van der Waals surface area contributed by atoms with Gasteiger partial charge in [0.05, 0.1) is 12.0 Å². The molecule has 5 nitrogen and oxygen atoms in total. The molecule has 0 spiro atoms. The van der Waals surface area contributed by atoms with Crippen LogP contribution in [0, 0.1) is 0 Å². The van der Waals surface area contributed by atoms with E-state index in [1.54, 1.807) is 32.5 Å². The Morgan fingerprint density at radius 1 is 1.32 bits per heavy atom. The summed E-state index contributed by atoms with van der Waals surface area (Å²) in [6.45, 7) is 5.37. The molecule has 1 unspecified atom stereocenters. The van der Waals surface area contributed by atoms with Crippen LogP contribution >= 0.6 is 11.8 Å². The first-order valence-corrected chi connectivity index (χ1v) is 7.69. The van der Waals surface area contributed by atoms with Crippen molar-refractivity contribution < 1.29 is 19.4 Å². The number of carbonyl (C=O) groups is 2. The van der Waals surface area contributed by atoms with Crippen molar-refractivity contribution >= 4 is 23.8 Å². The number of carbonyl (C=O) groups excluding carboxylic acids is 1. The van der Waals surface area contributed by atoms with Crippen molar-refractivity contribution in [3.05, 3.63) is 0 Å². The summed E-state index contributed by atoms with van der Waals surface area (Å²) in [4.78, 5) is 22.9. The van der Waals surface area contributed by atoms with Gasteiger partial charge in [-0.3, -0.25) is 4.79 Å². The summed E-state index contributed by atoms with van der Waals surface area (Å²) >= 11 is 1.80. The molecule has 1 heterocycles. The molecule has 0 aliphatic carbocycles. The molecule has 19 heavy (non-hydrogen) atoms. The van der Waals surface area contributed by atoms with Gasteiger partial charge in [-0.05, 0) is 51.5 Å². The van der Waals surface area contributed by atoms with Gasteiger partial charge >= 0.3 is 12.1 Å². The van der Waals surface area contributed by atoms with Crippen LogP contribution in [-0.4, -0.2) is 39.8 Å². The summed E-state index contributed by atoms with van der Waals surface area (Å²) in [6, 6.07) is 0. The van der Waals surface area contributed by atoms with Crippen LogP contribution in [0.2, 0.25) is 0 Å². The van der Waals surface area contributed by atoms with E-state index in [0.29, 0.717) is 12.8 Å². The number of aliphatic carboxylic acids is 1. The first-order chi connectivity index (χ1) is 8.72.